The molecule has 25 heavy (non-hydrogen) atoms. The molecule has 0 aromatic heterocycles. The molecule has 2 aliphatic rings. The molecule has 0 radical (unpaired) electrons. The molecule has 0 saturated carbocycles. The molecule has 7 nitrogen and oxygen atoms in total. The predicted octanol–water partition coefficient (Wildman–Crippen LogP) is 1.57. The maximum Gasteiger partial charge on any atom is 0.325 e. The van der Waals surface area contributed by atoms with Gasteiger partial charge in [-0.15, -0.1) is 0 Å². The van der Waals surface area contributed by atoms with Crippen LogP contribution in [0.15, 0.2) is 24.3 Å². The number of imide groups is 1. The van der Waals surface area contributed by atoms with Gasteiger partial charge in [0.25, 0.3) is 5.91 Å². The molecule has 0 spiro atoms. The Morgan fingerprint density at radius 1 is 1.32 bits per heavy atom. The van der Waals surface area contributed by atoms with Gasteiger partial charge in [0, 0.05) is 11.6 Å². The van der Waals surface area contributed by atoms with Gasteiger partial charge in [0.2, 0.25) is 5.91 Å². The number of hydrogen-bond donors (Lipinski definition) is 1. The van der Waals surface area contributed by atoms with Crippen molar-refractivity contribution in [2.24, 2.45) is 0 Å². The number of benzene rings is 1. The van der Waals surface area contributed by atoms with Gasteiger partial charge in [-0.2, -0.15) is 0 Å². The molecule has 0 unspecified atom stereocenters. The largest absolute Gasteiger partial charge is 0.370 e. The van der Waals surface area contributed by atoms with Gasteiger partial charge in [0.1, 0.15) is 18.2 Å². The number of carbonyl (C=O) groups excluding carboxylic acids is 3. The number of nitrogens with zero attached hydrogens (tertiary/aromatic N) is 2. The third kappa shape index (κ3) is 3.48. The van der Waals surface area contributed by atoms with Crippen LogP contribution in [0, 0.1) is 0 Å². The van der Waals surface area contributed by atoms with Crippen LogP contribution in [0.3, 0.4) is 0 Å². The normalized spacial score (nSPS) is 22.9. The highest BCUT2D eigenvalue weighted by molar-refractivity contribution is 6.30. The topological polar surface area (TPSA) is 79.0 Å². The molecule has 0 bridgehead atoms. The van der Waals surface area contributed by atoms with E-state index in [4.69, 9.17) is 16.3 Å². The number of amides is 4. The summed E-state index contributed by atoms with van der Waals surface area (Å²) in [6, 6.07) is 6.77. The maximum absolute atomic E-state index is 12.6. The van der Waals surface area contributed by atoms with Crippen molar-refractivity contribution in [1.82, 2.24) is 15.1 Å². The van der Waals surface area contributed by atoms with E-state index in [1.54, 1.807) is 30.9 Å². The Balaban J connectivity index is 1.67. The molecule has 3 rings (SSSR count). The van der Waals surface area contributed by atoms with Crippen LogP contribution in [0.2, 0.25) is 5.02 Å². The predicted molar refractivity (Wildman–Crippen MR) is 91.0 cm³/mol. The zero-order valence-corrected chi connectivity index (χ0v) is 14.9. The Morgan fingerprint density at radius 3 is 2.60 bits per heavy atom. The molecule has 1 N–H and O–H groups in total. The van der Waals surface area contributed by atoms with Gasteiger partial charge in [0.15, 0.2) is 0 Å². The number of morpholine rings is 1. The van der Waals surface area contributed by atoms with Crippen molar-refractivity contribution in [2.75, 3.05) is 26.2 Å². The van der Waals surface area contributed by atoms with E-state index in [1.807, 2.05) is 12.1 Å². The fourth-order valence-electron chi connectivity index (χ4n) is 2.95. The lowest BCUT2D eigenvalue weighted by atomic mass is 10.0. The summed E-state index contributed by atoms with van der Waals surface area (Å²) >= 11 is 5.90. The molecule has 2 heterocycles. The number of nitrogens with one attached hydrogen (secondary N) is 1. The van der Waals surface area contributed by atoms with Crippen molar-refractivity contribution in [1.29, 1.82) is 0 Å². The lowest BCUT2D eigenvalue weighted by molar-refractivity contribution is -0.140. The summed E-state index contributed by atoms with van der Waals surface area (Å²) in [6.07, 6.45) is -0.239. The summed E-state index contributed by atoms with van der Waals surface area (Å²) in [6.45, 7) is 4.36. The standard InChI is InChI=1S/C17H20ClN3O4/c1-17(2)15(23)19-16(24)21(17)10-14(22)20-7-8-25-13(9-20)11-3-5-12(18)6-4-11/h3-6,13H,7-10H2,1-2H3,(H,19,23,24)/t13-/m1/s1. The Kier molecular flexibility index (Phi) is 4.71. The molecule has 2 aliphatic heterocycles. The summed E-state index contributed by atoms with van der Waals surface area (Å²) in [5.41, 5.74) is -0.0921. The Hall–Kier alpha value is -2.12. The molecule has 1 atom stereocenters. The first-order valence-electron chi connectivity index (χ1n) is 8.07. The van der Waals surface area contributed by atoms with E-state index in [0.29, 0.717) is 24.7 Å². The van der Waals surface area contributed by atoms with Gasteiger partial charge in [-0.25, -0.2) is 4.79 Å². The van der Waals surface area contributed by atoms with Crippen molar-refractivity contribution < 1.29 is 19.1 Å². The summed E-state index contributed by atoms with van der Waals surface area (Å²) in [5, 5.41) is 2.88. The van der Waals surface area contributed by atoms with Gasteiger partial charge in [0.05, 0.1) is 13.2 Å². The summed E-state index contributed by atoms with van der Waals surface area (Å²) in [7, 11) is 0. The average molecular weight is 366 g/mol. The van der Waals surface area contributed by atoms with Crippen LogP contribution in [-0.2, 0) is 14.3 Å². The fourth-order valence-corrected chi connectivity index (χ4v) is 3.08. The van der Waals surface area contributed by atoms with Crippen LogP contribution in [0.1, 0.15) is 25.5 Å². The monoisotopic (exact) mass is 365 g/mol. The fraction of sp³-hybridized carbons (Fsp3) is 0.471. The third-order valence-electron chi connectivity index (χ3n) is 4.65. The number of rotatable bonds is 3. The van der Waals surface area contributed by atoms with Gasteiger partial charge in [-0.1, -0.05) is 23.7 Å². The van der Waals surface area contributed by atoms with E-state index < -0.39 is 17.5 Å². The highest BCUT2D eigenvalue weighted by Crippen LogP contribution is 2.25. The van der Waals surface area contributed by atoms with Crippen molar-refractivity contribution in [3.63, 3.8) is 0 Å². The van der Waals surface area contributed by atoms with Crippen LogP contribution in [-0.4, -0.2) is 59.4 Å². The molecule has 4 amide bonds. The van der Waals surface area contributed by atoms with Gasteiger partial charge in [-0.05, 0) is 31.5 Å². The molecule has 0 aliphatic carbocycles. The lowest BCUT2D eigenvalue weighted by Gasteiger charge is -2.35. The van der Waals surface area contributed by atoms with Crippen LogP contribution in [0.5, 0.6) is 0 Å². The van der Waals surface area contributed by atoms with Crippen molar-refractivity contribution >= 4 is 29.4 Å². The quantitative estimate of drug-likeness (QED) is 0.825. The minimum Gasteiger partial charge on any atom is -0.370 e. The molecule has 8 heteroatoms. The highest BCUT2D eigenvalue weighted by atomic mass is 35.5. The smallest absolute Gasteiger partial charge is 0.325 e. The van der Waals surface area contributed by atoms with Crippen LogP contribution >= 0.6 is 11.6 Å². The summed E-state index contributed by atoms with van der Waals surface area (Å²) in [5.74, 6) is -0.605. The zero-order valence-electron chi connectivity index (χ0n) is 14.1. The van der Waals surface area contributed by atoms with E-state index >= 15 is 0 Å². The SMILES string of the molecule is CC1(C)C(=O)NC(=O)N1CC(=O)N1CCO[C@@H](c2ccc(Cl)cc2)C1. The first kappa shape index (κ1) is 17.7. The summed E-state index contributed by atoms with van der Waals surface area (Å²) < 4.78 is 5.75. The summed E-state index contributed by atoms with van der Waals surface area (Å²) in [4.78, 5) is 39.3. The van der Waals surface area contributed by atoms with Crippen molar-refractivity contribution in [2.45, 2.75) is 25.5 Å². The van der Waals surface area contributed by atoms with Gasteiger partial charge >= 0.3 is 6.03 Å². The third-order valence-corrected chi connectivity index (χ3v) is 4.90. The van der Waals surface area contributed by atoms with Crippen LogP contribution in [0.4, 0.5) is 4.79 Å². The number of carbonyl (C=O) groups is 3. The minimum absolute atomic E-state index is 0.141. The Bertz CT molecular complexity index is 704. The maximum atomic E-state index is 12.6. The highest BCUT2D eigenvalue weighted by Gasteiger charge is 2.46. The molecule has 1 aromatic rings. The zero-order chi connectivity index (χ0) is 18.2. The average Bonchev–Trinajstić information content (AvgIpc) is 2.77. The van der Waals surface area contributed by atoms with E-state index in [9.17, 15) is 14.4 Å². The first-order valence-corrected chi connectivity index (χ1v) is 8.45. The van der Waals surface area contributed by atoms with Crippen LogP contribution in [0.25, 0.3) is 0 Å². The molecular formula is C17H20ClN3O4. The van der Waals surface area contributed by atoms with Gasteiger partial charge < -0.3 is 14.5 Å². The second-order valence-corrected chi connectivity index (χ2v) is 7.09. The van der Waals surface area contributed by atoms with E-state index in [-0.39, 0.29) is 18.6 Å². The second kappa shape index (κ2) is 6.65. The lowest BCUT2D eigenvalue weighted by Crippen LogP contribution is -2.51. The van der Waals surface area contributed by atoms with Gasteiger partial charge in [-0.3, -0.25) is 14.9 Å². The molecule has 2 saturated heterocycles. The number of halogens is 1. The minimum atomic E-state index is -1.03. The first-order chi connectivity index (χ1) is 11.8. The second-order valence-electron chi connectivity index (χ2n) is 6.66. The Labute approximate surface area is 150 Å². The van der Waals surface area contributed by atoms with Crippen molar-refractivity contribution in [3.05, 3.63) is 34.9 Å². The number of hydrogen-bond acceptors (Lipinski definition) is 4. The van der Waals surface area contributed by atoms with Crippen LogP contribution < -0.4 is 5.32 Å². The van der Waals surface area contributed by atoms with Crippen molar-refractivity contribution in [3.8, 4) is 0 Å². The van der Waals surface area contributed by atoms with E-state index in [1.165, 1.54) is 4.90 Å². The Morgan fingerprint density at radius 2 is 2.00 bits per heavy atom. The van der Waals surface area contributed by atoms with E-state index in [2.05, 4.69) is 5.32 Å². The molecule has 2 fully saturated rings. The number of ether oxygens (including phenoxy) is 1. The molecule has 134 valence electrons. The van der Waals surface area contributed by atoms with E-state index in [0.717, 1.165) is 5.56 Å². The molecule has 1 aromatic carbocycles. The molecular weight excluding hydrogens is 346 g/mol. The number of urea groups is 1.